The summed E-state index contributed by atoms with van der Waals surface area (Å²) < 4.78 is 2.27. The number of fused-ring (bicyclic) bond motifs is 1. The topological polar surface area (TPSA) is 63.1 Å². The molecule has 0 aliphatic carbocycles. The lowest BCUT2D eigenvalue weighted by Gasteiger charge is -2.31. The highest BCUT2D eigenvalue weighted by Crippen LogP contribution is 2.22. The fourth-order valence-corrected chi connectivity index (χ4v) is 3.89. The van der Waals surface area contributed by atoms with Crippen molar-refractivity contribution < 1.29 is 4.79 Å². The van der Waals surface area contributed by atoms with Gasteiger partial charge < -0.3 is 9.88 Å². The third-order valence-corrected chi connectivity index (χ3v) is 5.22. The van der Waals surface area contributed by atoms with Crippen LogP contribution in [-0.4, -0.2) is 38.4 Å². The van der Waals surface area contributed by atoms with Crippen molar-refractivity contribution in [3.8, 4) is 0 Å². The fourth-order valence-electron chi connectivity index (χ4n) is 3.89. The quantitative estimate of drug-likeness (QED) is 0.755. The van der Waals surface area contributed by atoms with Gasteiger partial charge in [-0.3, -0.25) is 14.7 Å². The van der Waals surface area contributed by atoms with Gasteiger partial charge in [0.15, 0.2) is 0 Å². The van der Waals surface area contributed by atoms with Gasteiger partial charge in [-0.05, 0) is 50.6 Å². The number of aryl methyl sites for hydroxylation is 1. The SMILES string of the molecule is CCn1c(CN2CCC[C@@H](C(=O)Nc3cccnc3)C2)nc2ccccc21. The molecule has 0 radical (unpaired) electrons. The summed E-state index contributed by atoms with van der Waals surface area (Å²) >= 11 is 0. The Balaban J connectivity index is 1.45. The molecule has 0 unspecified atom stereocenters. The lowest BCUT2D eigenvalue weighted by Crippen LogP contribution is -2.40. The summed E-state index contributed by atoms with van der Waals surface area (Å²) in [7, 11) is 0. The van der Waals surface area contributed by atoms with Crippen LogP contribution in [0.4, 0.5) is 5.69 Å². The van der Waals surface area contributed by atoms with Crippen LogP contribution in [0.5, 0.6) is 0 Å². The summed E-state index contributed by atoms with van der Waals surface area (Å²) in [6.45, 7) is 5.59. The molecule has 1 aliphatic heterocycles. The van der Waals surface area contributed by atoms with E-state index in [1.54, 1.807) is 12.4 Å². The third kappa shape index (κ3) is 3.85. The summed E-state index contributed by atoms with van der Waals surface area (Å²) in [5, 5.41) is 2.99. The van der Waals surface area contributed by atoms with E-state index >= 15 is 0 Å². The summed E-state index contributed by atoms with van der Waals surface area (Å²) in [6, 6.07) is 12.0. The van der Waals surface area contributed by atoms with Crippen LogP contribution in [-0.2, 0) is 17.9 Å². The summed E-state index contributed by atoms with van der Waals surface area (Å²) in [4.78, 5) is 23.9. The van der Waals surface area contributed by atoms with Crippen molar-refractivity contribution in [1.82, 2.24) is 19.4 Å². The number of carbonyl (C=O) groups is 1. The molecule has 1 amide bonds. The van der Waals surface area contributed by atoms with Crippen LogP contribution in [0, 0.1) is 5.92 Å². The number of aromatic nitrogens is 3. The van der Waals surface area contributed by atoms with E-state index in [0.29, 0.717) is 0 Å². The smallest absolute Gasteiger partial charge is 0.228 e. The molecular formula is C21H25N5O. The normalized spacial score (nSPS) is 17.9. The van der Waals surface area contributed by atoms with Crippen LogP contribution < -0.4 is 5.32 Å². The second-order valence-electron chi connectivity index (χ2n) is 7.07. The van der Waals surface area contributed by atoms with Gasteiger partial charge in [-0.2, -0.15) is 0 Å². The molecule has 0 spiro atoms. The zero-order valence-electron chi connectivity index (χ0n) is 15.6. The molecule has 1 fully saturated rings. The molecule has 0 saturated carbocycles. The Morgan fingerprint density at radius 1 is 1.26 bits per heavy atom. The Bertz CT molecular complexity index is 921. The van der Waals surface area contributed by atoms with E-state index in [9.17, 15) is 4.79 Å². The largest absolute Gasteiger partial charge is 0.327 e. The van der Waals surface area contributed by atoms with Gasteiger partial charge in [-0.15, -0.1) is 0 Å². The number of piperidine rings is 1. The Kier molecular flexibility index (Phi) is 5.16. The predicted octanol–water partition coefficient (Wildman–Crippen LogP) is 3.30. The van der Waals surface area contributed by atoms with E-state index in [1.165, 1.54) is 5.52 Å². The van der Waals surface area contributed by atoms with E-state index in [1.807, 2.05) is 18.2 Å². The standard InChI is InChI=1S/C21H25N5O/c1-2-26-19-10-4-3-9-18(19)24-20(26)15-25-12-6-7-16(14-25)21(27)23-17-8-5-11-22-13-17/h3-5,8-11,13,16H,2,6-7,12,14-15H2,1H3,(H,23,27)/t16-/m1/s1. The average molecular weight is 363 g/mol. The van der Waals surface area contributed by atoms with Crippen molar-refractivity contribution in [3.63, 3.8) is 0 Å². The summed E-state index contributed by atoms with van der Waals surface area (Å²) in [5.74, 6) is 1.15. The van der Waals surface area contributed by atoms with Crippen LogP contribution in [0.2, 0.25) is 0 Å². The number of amides is 1. The number of para-hydroxylation sites is 2. The number of pyridine rings is 1. The Hall–Kier alpha value is -2.73. The van der Waals surface area contributed by atoms with E-state index in [0.717, 1.165) is 56.0 Å². The molecule has 27 heavy (non-hydrogen) atoms. The number of benzene rings is 1. The molecular weight excluding hydrogens is 338 g/mol. The van der Waals surface area contributed by atoms with Gasteiger partial charge in [0.2, 0.25) is 5.91 Å². The second-order valence-corrected chi connectivity index (χ2v) is 7.07. The molecule has 4 rings (SSSR count). The zero-order chi connectivity index (χ0) is 18.6. The number of nitrogens with one attached hydrogen (secondary N) is 1. The number of carbonyl (C=O) groups excluding carboxylic acids is 1. The van der Waals surface area contributed by atoms with Gasteiger partial charge in [-0.1, -0.05) is 12.1 Å². The van der Waals surface area contributed by atoms with Crippen molar-refractivity contribution in [1.29, 1.82) is 0 Å². The predicted molar refractivity (Wildman–Crippen MR) is 106 cm³/mol. The van der Waals surface area contributed by atoms with Gasteiger partial charge in [0.25, 0.3) is 0 Å². The molecule has 6 heteroatoms. The minimum absolute atomic E-state index is 0.00147. The highest BCUT2D eigenvalue weighted by atomic mass is 16.1. The number of rotatable bonds is 5. The minimum atomic E-state index is -0.00147. The Morgan fingerprint density at radius 2 is 2.15 bits per heavy atom. The minimum Gasteiger partial charge on any atom is -0.327 e. The Labute approximate surface area is 159 Å². The highest BCUT2D eigenvalue weighted by Gasteiger charge is 2.27. The number of imidazole rings is 1. The van der Waals surface area contributed by atoms with Crippen molar-refractivity contribution in [2.75, 3.05) is 18.4 Å². The molecule has 6 nitrogen and oxygen atoms in total. The highest BCUT2D eigenvalue weighted by molar-refractivity contribution is 5.92. The fraction of sp³-hybridized carbons (Fsp3) is 0.381. The molecule has 2 aromatic heterocycles. The van der Waals surface area contributed by atoms with Crippen molar-refractivity contribution >= 4 is 22.6 Å². The molecule has 1 aliphatic rings. The van der Waals surface area contributed by atoms with Gasteiger partial charge in [0, 0.05) is 19.3 Å². The van der Waals surface area contributed by atoms with Gasteiger partial charge in [-0.25, -0.2) is 4.98 Å². The van der Waals surface area contributed by atoms with Crippen LogP contribution >= 0.6 is 0 Å². The number of likely N-dealkylation sites (tertiary alicyclic amines) is 1. The molecule has 1 aromatic carbocycles. The third-order valence-electron chi connectivity index (χ3n) is 5.22. The number of nitrogens with zero attached hydrogens (tertiary/aromatic N) is 4. The van der Waals surface area contributed by atoms with E-state index < -0.39 is 0 Å². The molecule has 1 saturated heterocycles. The molecule has 3 heterocycles. The first-order chi connectivity index (χ1) is 13.2. The summed E-state index contributed by atoms with van der Waals surface area (Å²) in [6.07, 6.45) is 5.34. The molecule has 140 valence electrons. The van der Waals surface area contributed by atoms with Crippen LogP contribution in [0.1, 0.15) is 25.6 Å². The van der Waals surface area contributed by atoms with Crippen molar-refractivity contribution in [3.05, 3.63) is 54.6 Å². The van der Waals surface area contributed by atoms with Crippen LogP contribution in [0.3, 0.4) is 0 Å². The van der Waals surface area contributed by atoms with Gasteiger partial charge in [0.05, 0.1) is 35.4 Å². The van der Waals surface area contributed by atoms with E-state index in [2.05, 4.69) is 44.9 Å². The van der Waals surface area contributed by atoms with Crippen molar-refractivity contribution in [2.24, 2.45) is 5.92 Å². The number of hydrogen-bond donors (Lipinski definition) is 1. The molecule has 1 atom stereocenters. The zero-order valence-corrected chi connectivity index (χ0v) is 15.6. The van der Waals surface area contributed by atoms with Gasteiger partial charge >= 0.3 is 0 Å². The molecule has 3 aromatic rings. The maximum Gasteiger partial charge on any atom is 0.228 e. The first-order valence-corrected chi connectivity index (χ1v) is 9.62. The average Bonchev–Trinajstić information content (AvgIpc) is 3.06. The summed E-state index contributed by atoms with van der Waals surface area (Å²) in [5.41, 5.74) is 2.97. The van der Waals surface area contributed by atoms with Crippen molar-refractivity contribution in [2.45, 2.75) is 32.9 Å². The second kappa shape index (κ2) is 7.88. The maximum absolute atomic E-state index is 12.6. The first-order valence-electron chi connectivity index (χ1n) is 9.62. The monoisotopic (exact) mass is 363 g/mol. The first kappa shape index (κ1) is 17.7. The molecule has 1 N–H and O–H groups in total. The molecule has 0 bridgehead atoms. The van der Waals surface area contributed by atoms with E-state index in [4.69, 9.17) is 4.98 Å². The lowest BCUT2D eigenvalue weighted by molar-refractivity contribution is -0.121. The van der Waals surface area contributed by atoms with E-state index in [-0.39, 0.29) is 11.8 Å². The van der Waals surface area contributed by atoms with Crippen LogP contribution in [0.15, 0.2) is 48.8 Å². The maximum atomic E-state index is 12.6. The number of hydrogen-bond acceptors (Lipinski definition) is 4. The van der Waals surface area contributed by atoms with Crippen LogP contribution in [0.25, 0.3) is 11.0 Å². The lowest BCUT2D eigenvalue weighted by atomic mass is 9.97. The van der Waals surface area contributed by atoms with Gasteiger partial charge in [0.1, 0.15) is 5.82 Å². The Morgan fingerprint density at radius 3 is 2.96 bits per heavy atom. The number of anilines is 1.